The fraction of sp³-hybridized carbons (Fsp3) is 0.471. The van der Waals surface area contributed by atoms with E-state index in [-0.39, 0.29) is 0 Å². The topological polar surface area (TPSA) is 75.7 Å². The van der Waals surface area contributed by atoms with Crippen LogP contribution in [0.15, 0.2) is 30.3 Å². The van der Waals surface area contributed by atoms with Crippen LogP contribution in [0.4, 0.5) is 4.79 Å². The molecule has 124 valence electrons. The smallest absolute Gasteiger partial charge is 0.407 e. The molecule has 1 saturated heterocycles. The molecule has 1 N–H and O–H groups in total. The average molecular weight is 318 g/mol. The molecule has 2 amide bonds. The first kappa shape index (κ1) is 17.0. The van der Waals surface area contributed by atoms with Crippen molar-refractivity contribution in [3.05, 3.63) is 35.9 Å². The largest absolute Gasteiger partial charge is 0.444 e. The maximum Gasteiger partial charge on any atom is 0.407 e. The Morgan fingerprint density at radius 1 is 1.26 bits per heavy atom. The van der Waals surface area contributed by atoms with Crippen LogP contribution in [0.3, 0.4) is 0 Å². The van der Waals surface area contributed by atoms with Gasteiger partial charge in [0.1, 0.15) is 11.6 Å². The number of carbonyl (C=O) groups excluding carboxylic acids is 3. The quantitative estimate of drug-likeness (QED) is 0.679. The Labute approximate surface area is 135 Å². The number of carbonyl (C=O) groups is 3. The van der Waals surface area contributed by atoms with Crippen molar-refractivity contribution in [3.63, 3.8) is 0 Å². The molecule has 6 nitrogen and oxygen atoms in total. The first-order valence-electron chi connectivity index (χ1n) is 7.57. The van der Waals surface area contributed by atoms with Crippen LogP contribution in [0.25, 0.3) is 0 Å². The van der Waals surface area contributed by atoms with Crippen molar-refractivity contribution < 1.29 is 19.1 Å². The summed E-state index contributed by atoms with van der Waals surface area (Å²) in [6, 6.07) is 8.24. The molecule has 1 fully saturated rings. The molecule has 23 heavy (non-hydrogen) atoms. The lowest BCUT2D eigenvalue weighted by Crippen LogP contribution is -2.68. The van der Waals surface area contributed by atoms with E-state index >= 15 is 0 Å². The van der Waals surface area contributed by atoms with Crippen molar-refractivity contribution in [2.24, 2.45) is 0 Å². The second kappa shape index (κ2) is 6.40. The lowest BCUT2D eigenvalue weighted by Gasteiger charge is -2.42. The van der Waals surface area contributed by atoms with Crippen LogP contribution in [0, 0.1) is 0 Å². The number of rotatable bonds is 4. The second-order valence-electron chi connectivity index (χ2n) is 6.66. The van der Waals surface area contributed by atoms with Gasteiger partial charge >= 0.3 is 6.09 Å². The Morgan fingerprint density at radius 3 is 2.43 bits per heavy atom. The summed E-state index contributed by atoms with van der Waals surface area (Å²) in [5.41, 5.74) is 0.315. The highest BCUT2D eigenvalue weighted by Crippen LogP contribution is 2.22. The van der Waals surface area contributed by atoms with Gasteiger partial charge in [-0.25, -0.2) is 4.79 Å². The van der Waals surface area contributed by atoms with Gasteiger partial charge in [-0.15, -0.1) is 0 Å². The van der Waals surface area contributed by atoms with Crippen molar-refractivity contribution in [2.45, 2.75) is 51.9 Å². The van der Waals surface area contributed by atoms with Crippen molar-refractivity contribution >= 4 is 17.8 Å². The fourth-order valence-corrected chi connectivity index (χ4v) is 2.49. The molecule has 1 aromatic carbocycles. The molecule has 2 unspecified atom stereocenters. The van der Waals surface area contributed by atoms with E-state index in [0.717, 1.165) is 5.56 Å². The highest BCUT2D eigenvalue weighted by atomic mass is 16.6. The zero-order valence-electron chi connectivity index (χ0n) is 13.8. The van der Waals surface area contributed by atoms with Gasteiger partial charge in [0.15, 0.2) is 0 Å². The Hall–Kier alpha value is -2.37. The Morgan fingerprint density at radius 2 is 1.87 bits per heavy atom. The number of ether oxygens (including phenoxy) is 1. The molecule has 0 aliphatic carbocycles. The van der Waals surface area contributed by atoms with Crippen LogP contribution in [0.1, 0.15) is 33.3 Å². The highest BCUT2D eigenvalue weighted by Gasteiger charge is 2.49. The third-order valence-corrected chi connectivity index (χ3v) is 3.49. The summed E-state index contributed by atoms with van der Waals surface area (Å²) in [4.78, 5) is 37.0. The number of likely N-dealkylation sites (tertiary alicyclic amines) is 1. The standard InChI is InChI=1S/C17H22N2O4/c1-11(18-16(22)23-17(2,3)4)13-14(20)15(21)19(13)10-12-8-6-5-7-9-12/h5-9,11,13H,10H2,1-4H3,(H,18,22). The normalized spacial score (nSPS) is 19.1. The predicted octanol–water partition coefficient (Wildman–Crippen LogP) is 1.88. The Kier molecular flexibility index (Phi) is 4.73. The number of ketones is 1. The minimum atomic E-state index is -0.657. The molecule has 0 saturated carbocycles. The number of nitrogens with zero attached hydrogens (tertiary/aromatic N) is 1. The van der Waals surface area contributed by atoms with E-state index < -0.39 is 35.5 Å². The highest BCUT2D eigenvalue weighted by molar-refractivity contribution is 6.44. The Balaban J connectivity index is 2.00. The lowest BCUT2D eigenvalue weighted by atomic mass is 9.92. The molecule has 2 rings (SSSR count). The molecule has 0 aromatic heterocycles. The van der Waals surface area contributed by atoms with E-state index in [4.69, 9.17) is 4.74 Å². The zero-order valence-corrected chi connectivity index (χ0v) is 13.8. The molecule has 1 aromatic rings. The maximum absolute atomic E-state index is 11.9. The first-order chi connectivity index (χ1) is 10.7. The van der Waals surface area contributed by atoms with E-state index in [1.807, 2.05) is 30.3 Å². The lowest BCUT2D eigenvalue weighted by molar-refractivity contribution is -0.162. The summed E-state index contributed by atoms with van der Waals surface area (Å²) in [5, 5.41) is 2.63. The number of hydrogen-bond acceptors (Lipinski definition) is 4. The van der Waals surface area contributed by atoms with Gasteiger partial charge < -0.3 is 15.0 Å². The molecule has 1 heterocycles. The van der Waals surface area contributed by atoms with Gasteiger partial charge in [0.05, 0.1) is 6.04 Å². The monoisotopic (exact) mass is 318 g/mol. The fourth-order valence-electron chi connectivity index (χ4n) is 2.49. The average Bonchev–Trinajstić information content (AvgIpc) is 2.45. The number of amides is 2. The van der Waals surface area contributed by atoms with E-state index in [1.54, 1.807) is 27.7 Å². The minimum absolute atomic E-state index is 0.344. The van der Waals surface area contributed by atoms with Crippen LogP contribution in [0.2, 0.25) is 0 Å². The summed E-state index contributed by atoms with van der Waals surface area (Å²) < 4.78 is 5.18. The van der Waals surface area contributed by atoms with E-state index in [1.165, 1.54) is 4.90 Å². The second-order valence-corrected chi connectivity index (χ2v) is 6.66. The van der Waals surface area contributed by atoms with Gasteiger partial charge in [0, 0.05) is 6.54 Å². The van der Waals surface area contributed by atoms with Gasteiger partial charge in [-0.1, -0.05) is 30.3 Å². The van der Waals surface area contributed by atoms with Gasteiger partial charge in [-0.05, 0) is 33.3 Å². The maximum atomic E-state index is 11.9. The summed E-state index contributed by atoms with van der Waals surface area (Å²) in [7, 11) is 0. The number of Topliss-reactive ketones (excluding diaryl/α,β-unsaturated/α-hetero) is 1. The number of β-lactam (4-membered cyclic amide) rings is 1. The molecular formula is C17H22N2O4. The van der Waals surface area contributed by atoms with Crippen LogP contribution < -0.4 is 5.32 Å². The number of hydrogen-bond donors (Lipinski definition) is 1. The molecule has 1 aliphatic rings. The molecule has 0 radical (unpaired) electrons. The molecular weight excluding hydrogens is 296 g/mol. The summed E-state index contributed by atoms with van der Waals surface area (Å²) in [6.45, 7) is 7.32. The summed E-state index contributed by atoms with van der Waals surface area (Å²) >= 11 is 0. The van der Waals surface area contributed by atoms with Crippen LogP contribution in [0.5, 0.6) is 0 Å². The van der Waals surface area contributed by atoms with Crippen molar-refractivity contribution in [1.29, 1.82) is 0 Å². The Bertz CT molecular complexity index is 607. The molecule has 6 heteroatoms. The van der Waals surface area contributed by atoms with Gasteiger partial charge in [0.2, 0.25) is 5.78 Å². The van der Waals surface area contributed by atoms with Crippen LogP contribution in [-0.2, 0) is 20.9 Å². The van der Waals surface area contributed by atoms with Crippen molar-refractivity contribution in [2.75, 3.05) is 0 Å². The van der Waals surface area contributed by atoms with Gasteiger partial charge in [-0.2, -0.15) is 0 Å². The van der Waals surface area contributed by atoms with Crippen LogP contribution >= 0.6 is 0 Å². The van der Waals surface area contributed by atoms with Crippen molar-refractivity contribution in [3.8, 4) is 0 Å². The minimum Gasteiger partial charge on any atom is -0.444 e. The first-order valence-corrected chi connectivity index (χ1v) is 7.57. The van der Waals surface area contributed by atoms with Gasteiger partial charge in [-0.3, -0.25) is 9.59 Å². The number of alkyl carbamates (subject to hydrolysis) is 1. The SMILES string of the molecule is CC(NC(=O)OC(C)(C)C)C1C(=O)C(=O)N1Cc1ccccc1. The molecule has 1 aliphatic heterocycles. The van der Waals surface area contributed by atoms with Crippen molar-refractivity contribution in [1.82, 2.24) is 10.2 Å². The van der Waals surface area contributed by atoms with E-state index in [9.17, 15) is 14.4 Å². The van der Waals surface area contributed by atoms with Gasteiger partial charge in [0.25, 0.3) is 5.91 Å². The molecule has 0 spiro atoms. The third-order valence-electron chi connectivity index (χ3n) is 3.49. The molecule has 0 bridgehead atoms. The number of nitrogens with one attached hydrogen (secondary N) is 1. The molecule has 2 atom stereocenters. The zero-order chi connectivity index (χ0) is 17.2. The van der Waals surface area contributed by atoms with E-state index in [0.29, 0.717) is 6.54 Å². The third kappa shape index (κ3) is 4.09. The number of benzene rings is 1. The van der Waals surface area contributed by atoms with E-state index in [2.05, 4.69) is 5.32 Å². The summed E-state index contributed by atoms with van der Waals surface area (Å²) in [6.07, 6.45) is -0.600. The predicted molar refractivity (Wildman–Crippen MR) is 84.6 cm³/mol. The summed E-state index contributed by atoms with van der Waals surface area (Å²) in [5.74, 6) is -0.999. The van der Waals surface area contributed by atoms with Crippen LogP contribution in [-0.4, -0.2) is 40.4 Å².